The Morgan fingerprint density at radius 1 is 1.36 bits per heavy atom. The third-order valence-corrected chi connectivity index (χ3v) is 4.40. The van der Waals surface area contributed by atoms with Crippen LogP contribution in [0.25, 0.3) is 6.08 Å². The molecule has 0 aliphatic carbocycles. The first kappa shape index (κ1) is 17.2. The van der Waals surface area contributed by atoms with E-state index in [1.807, 2.05) is 0 Å². The van der Waals surface area contributed by atoms with Crippen LogP contribution >= 0.6 is 23.4 Å². The van der Waals surface area contributed by atoms with Crippen molar-refractivity contribution in [1.29, 1.82) is 0 Å². The molecule has 1 aliphatic rings. The van der Waals surface area contributed by atoms with Gasteiger partial charge in [-0.2, -0.15) is 0 Å². The molecule has 2 heterocycles. The Morgan fingerprint density at radius 3 is 2.72 bits per heavy atom. The molecule has 7 nitrogen and oxygen atoms in total. The van der Waals surface area contributed by atoms with E-state index in [1.54, 1.807) is 37.3 Å². The number of aromatic nitrogens is 1. The van der Waals surface area contributed by atoms with Crippen molar-refractivity contribution < 1.29 is 18.9 Å². The number of anilines is 1. The molecule has 128 valence electrons. The van der Waals surface area contributed by atoms with E-state index in [9.17, 15) is 14.4 Å². The van der Waals surface area contributed by atoms with Gasteiger partial charge in [0.1, 0.15) is 12.3 Å². The van der Waals surface area contributed by atoms with Gasteiger partial charge >= 0.3 is 0 Å². The van der Waals surface area contributed by atoms with Gasteiger partial charge in [0.25, 0.3) is 11.1 Å². The number of aryl methyl sites for hydroxylation is 1. The molecule has 0 bridgehead atoms. The highest BCUT2D eigenvalue weighted by atomic mass is 35.5. The summed E-state index contributed by atoms with van der Waals surface area (Å²) in [5.41, 5.74) is 0.734. The highest BCUT2D eigenvalue weighted by Gasteiger charge is 2.36. The maximum atomic E-state index is 12.4. The van der Waals surface area contributed by atoms with Gasteiger partial charge < -0.3 is 9.84 Å². The fourth-order valence-corrected chi connectivity index (χ4v) is 3.06. The number of rotatable bonds is 4. The van der Waals surface area contributed by atoms with Crippen molar-refractivity contribution in [2.75, 3.05) is 11.9 Å². The topological polar surface area (TPSA) is 92.5 Å². The van der Waals surface area contributed by atoms with Crippen molar-refractivity contribution in [2.24, 2.45) is 0 Å². The van der Waals surface area contributed by atoms with Gasteiger partial charge in [-0.25, -0.2) is 0 Å². The maximum absolute atomic E-state index is 12.4. The summed E-state index contributed by atoms with van der Waals surface area (Å²) in [6.45, 7) is 1.29. The van der Waals surface area contributed by atoms with Crippen molar-refractivity contribution in [3.63, 3.8) is 0 Å². The fourth-order valence-electron chi connectivity index (χ4n) is 2.10. The van der Waals surface area contributed by atoms with E-state index in [4.69, 9.17) is 16.1 Å². The first-order chi connectivity index (χ1) is 11.9. The number of carbonyl (C=O) groups excluding carboxylic acids is 3. The Balaban J connectivity index is 1.68. The number of carbonyl (C=O) groups is 3. The molecule has 0 atom stereocenters. The fraction of sp³-hybridized carbons (Fsp3) is 0.125. The number of nitrogens with one attached hydrogen (secondary N) is 1. The minimum atomic E-state index is -0.539. The molecular formula is C16H12ClN3O4S. The van der Waals surface area contributed by atoms with Gasteiger partial charge in [0.15, 0.2) is 5.82 Å². The first-order valence-electron chi connectivity index (χ1n) is 7.16. The zero-order chi connectivity index (χ0) is 18.0. The van der Waals surface area contributed by atoms with Crippen LogP contribution in [0.3, 0.4) is 0 Å². The summed E-state index contributed by atoms with van der Waals surface area (Å²) >= 11 is 6.60. The smallest absolute Gasteiger partial charge is 0.294 e. The second-order valence-corrected chi connectivity index (χ2v) is 6.62. The minimum absolute atomic E-state index is 0.228. The minimum Gasteiger partial charge on any atom is -0.360 e. The van der Waals surface area contributed by atoms with E-state index in [2.05, 4.69) is 10.5 Å². The van der Waals surface area contributed by atoms with Crippen LogP contribution < -0.4 is 5.32 Å². The quantitative estimate of drug-likeness (QED) is 0.822. The average molecular weight is 378 g/mol. The lowest BCUT2D eigenvalue weighted by molar-refractivity contribution is -0.127. The number of nitrogens with zero attached hydrogens (tertiary/aromatic N) is 2. The van der Waals surface area contributed by atoms with Crippen LogP contribution in [0.15, 0.2) is 39.8 Å². The van der Waals surface area contributed by atoms with Crippen LogP contribution in [0.4, 0.5) is 10.6 Å². The van der Waals surface area contributed by atoms with Gasteiger partial charge in [-0.15, -0.1) is 0 Å². The van der Waals surface area contributed by atoms with E-state index in [0.29, 0.717) is 10.8 Å². The maximum Gasteiger partial charge on any atom is 0.294 e. The Hall–Kier alpha value is -2.58. The standard InChI is InChI=1S/C16H12ClN3O4S/c1-9-6-13(19-24-9)18-14(21)8-20-15(22)12(25-16(20)23)7-10-2-4-11(17)5-3-10/h2-7H,8H2,1H3,(H,18,19,21). The van der Waals surface area contributed by atoms with Crippen molar-refractivity contribution in [3.8, 4) is 0 Å². The number of halogens is 1. The van der Waals surface area contributed by atoms with Gasteiger partial charge in [-0.05, 0) is 42.5 Å². The van der Waals surface area contributed by atoms with E-state index >= 15 is 0 Å². The lowest BCUT2D eigenvalue weighted by Crippen LogP contribution is -2.36. The number of hydrogen-bond acceptors (Lipinski definition) is 6. The zero-order valence-corrected chi connectivity index (χ0v) is 14.6. The monoisotopic (exact) mass is 377 g/mol. The van der Waals surface area contributed by atoms with Crippen LogP contribution in [0.2, 0.25) is 5.02 Å². The number of amides is 3. The third-order valence-electron chi connectivity index (χ3n) is 3.24. The van der Waals surface area contributed by atoms with E-state index in [-0.39, 0.29) is 10.7 Å². The zero-order valence-electron chi connectivity index (χ0n) is 13.0. The number of imide groups is 1. The molecule has 9 heteroatoms. The molecule has 3 amide bonds. The molecule has 0 radical (unpaired) electrons. The van der Waals surface area contributed by atoms with Gasteiger partial charge in [0.2, 0.25) is 5.91 Å². The molecule has 1 saturated heterocycles. The molecule has 0 spiro atoms. The summed E-state index contributed by atoms with van der Waals surface area (Å²) in [4.78, 5) is 37.5. The lowest BCUT2D eigenvalue weighted by Gasteiger charge is -2.11. The van der Waals surface area contributed by atoms with E-state index in [0.717, 1.165) is 22.2 Å². The van der Waals surface area contributed by atoms with Crippen LogP contribution in [-0.4, -0.2) is 33.7 Å². The molecule has 1 aliphatic heterocycles. The number of benzene rings is 1. The summed E-state index contributed by atoms with van der Waals surface area (Å²) < 4.78 is 4.83. The number of thioether (sulfide) groups is 1. The SMILES string of the molecule is Cc1cc(NC(=O)CN2C(=O)SC(=Cc3ccc(Cl)cc3)C2=O)no1. The van der Waals surface area contributed by atoms with Crippen molar-refractivity contribution in [1.82, 2.24) is 10.1 Å². The molecule has 1 fully saturated rings. The van der Waals surface area contributed by atoms with Crippen LogP contribution in [0.1, 0.15) is 11.3 Å². The Kier molecular flexibility index (Phi) is 4.91. The lowest BCUT2D eigenvalue weighted by atomic mass is 10.2. The third kappa shape index (κ3) is 4.09. The van der Waals surface area contributed by atoms with Crippen molar-refractivity contribution in [3.05, 3.63) is 51.6 Å². The predicted octanol–water partition coefficient (Wildman–Crippen LogP) is 3.31. The molecular weight excluding hydrogens is 366 g/mol. The summed E-state index contributed by atoms with van der Waals surface area (Å²) in [5.74, 6) is -0.293. The van der Waals surface area contributed by atoms with Gasteiger partial charge in [0.05, 0.1) is 4.91 Å². The van der Waals surface area contributed by atoms with Crippen LogP contribution in [-0.2, 0) is 9.59 Å². The molecule has 0 saturated carbocycles. The second kappa shape index (κ2) is 7.12. The van der Waals surface area contributed by atoms with Gasteiger partial charge in [0, 0.05) is 11.1 Å². The molecule has 0 unspecified atom stereocenters. The highest BCUT2D eigenvalue weighted by molar-refractivity contribution is 8.18. The molecule has 1 N–H and O–H groups in total. The molecule has 1 aromatic carbocycles. The summed E-state index contributed by atoms with van der Waals surface area (Å²) in [6.07, 6.45) is 1.58. The van der Waals surface area contributed by atoms with Crippen LogP contribution in [0.5, 0.6) is 0 Å². The van der Waals surface area contributed by atoms with Crippen LogP contribution in [0, 0.1) is 6.92 Å². The van der Waals surface area contributed by atoms with E-state index in [1.165, 1.54) is 6.07 Å². The van der Waals surface area contributed by atoms with Crippen molar-refractivity contribution in [2.45, 2.75) is 6.92 Å². The average Bonchev–Trinajstić information content (AvgIpc) is 3.08. The Labute approximate surface area is 152 Å². The summed E-state index contributed by atoms with van der Waals surface area (Å²) in [6, 6.07) is 8.37. The normalized spacial score (nSPS) is 15.9. The molecule has 1 aromatic heterocycles. The second-order valence-electron chi connectivity index (χ2n) is 5.19. The Bertz CT molecular complexity index is 876. The molecule has 2 aromatic rings. The van der Waals surface area contributed by atoms with Gasteiger partial charge in [-0.3, -0.25) is 19.3 Å². The molecule has 25 heavy (non-hydrogen) atoms. The van der Waals surface area contributed by atoms with Gasteiger partial charge in [-0.1, -0.05) is 28.9 Å². The van der Waals surface area contributed by atoms with Crippen molar-refractivity contribution >= 4 is 52.3 Å². The summed E-state index contributed by atoms with van der Waals surface area (Å²) in [7, 11) is 0. The first-order valence-corrected chi connectivity index (χ1v) is 8.36. The largest absolute Gasteiger partial charge is 0.360 e. The Morgan fingerprint density at radius 2 is 2.08 bits per heavy atom. The molecule has 3 rings (SSSR count). The van der Waals surface area contributed by atoms with E-state index < -0.39 is 23.6 Å². The highest BCUT2D eigenvalue weighted by Crippen LogP contribution is 2.32. The number of hydrogen-bond donors (Lipinski definition) is 1. The summed E-state index contributed by atoms with van der Waals surface area (Å²) in [5, 5.41) is 6.16. The predicted molar refractivity (Wildman–Crippen MR) is 94.0 cm³/mol.